The van der Waals surface area contributed by atoms with Crippen LogP contribution in [-0.4, -0.2) is 17.0 Å². The van der Waals surface area contributed by atoms with E-state index in [1.807, 2.05) is 0 Å². The van der Waals surface area contributed by atoms with Crippen molar-refractivity contribution < 1.29 is 19.1 Å². The first-order chi connectivity index (χ1) is 7.41. The van der Waals surface area contributed by atoms with Crippen LogP contribution in [0.3, 0.4) is 0 Å². The van der Waals surface area contributed by atoms with Gasteiger partial charge in [-0.15, -0.1) is 0 Å². The molecule has 1 aromatic rings. The average molecular weight is 246 g/mol. The maximum Gasteiger partial charge on any atom is 0.337 e. The van der Waals surface area contributed by atoms with Gasteiger partial charge in [0.25, 0.3) is 0 Å². The highest BCUT2D eigenvalue weighted by molar-refractivity contribution is 6.33. The van der Waals surface area contributed by atoms with E-state index in [1.165, 1.54) is 6.92 Å². The van der Waals surface area contributed by atoms with E-state index in [2.05, 4.69) is 5.32 Å². The number of benzene rings is 1. The van der Waals surface area contributed by atoms with Gasteiger partial charge in [-0.25, -0.2) is 9.18 Å². The number of hydrogen-bond donors (Lipinski definition) is 2. The van der Waals surface area contributed by atoms with Gasteiger partial charge in [0, 0.05) is 19.0 Å². The quantitative estimate of drug-likeness (QED) is 0.854. The van der Waals surface area contributed by atoms with Gasteiger partial charge in [0.2, 0.25) is 5.91 Å². The van der Waals surface area contributed by atoms with E-state index in [0.29, 0.717) is 0 Å². The molecule has 0 saturated carbocycles. The standard InChI is InChI=1S/C10H9ClFNO3/c1-5(14)13-4-6-2-7(10(15)16)8(11)3-9(6)12/h2-3H,4H2,1H3,(H,13,14)(H,15,16). The Morgan fingerprint density at radius 2 is 2.12 bits per heavy atom. The number of amides is 1. The predicted molar refractivity (Wildman–Crippen MR) is 55.9 cm³/mol. The summed E-state index contributed by atoms with van der Waals surface area (Å²) < 4.78 is 13.3. The molecule has 0 aromatic heterocycles. The number of hydrogen-bond acceptors (Lipinski definition) is 2. The van der Waals surface area contributed by atoms with E-state index in [9.17, 15) is 14.0 Å². The summed E-state index contributed by atoms with van der Waals surface area (Å²) in [5.41, 5.74) is -0.111. The summed E-state index contributed by atoms with van der Waals surface area (Å²) in [5, 5.41) is 11.0. The van der Waals surface area contributed by atoms with Crippen molar-refractivity contribution >= 4 is 23.5 Å². The molecule has 4 nitrogen and oxygen atoms in total. The van der Waals surface area contributed by atoms with Crippen molar-refractivity contribution in [2.24, 2.45) is 0 Å². The molecule has 0 heterocycles. The second kappa shape index (κ2) is 4.94. The lowest BCUT2D eigenvalue weighted by atomic mass is 10.1. The Hall–Kier alpha value is -1.62. The third kappa shape index (κ3) is 2.93. The zero-order valence-corrected chi connectivity index (χ0v) is 9.14. The third-order valence-corrected chi connectivity index (χ3v) is 2.21. The van der Waals surface area contributed by atoms with Crippen LogP contribution in [0.25, 0.3) is 0 Å². The monoisotopic (exact) mass is 245 g/mol. The van der Waals surface area contributed by atoms with Crippen molar-refractivity contribution in [3.05, 3.63) is 34.1 Å². The smallest absolute Gasteiger partial charge is 0.337 e. The molecule has 1 aromatic carbocycles. The minimum absolute atomic E-state index is 0.0708. The van der Waals surface area contributed by atoms with Gasteiger partial charge in [-0.1, -0.05) is 11.6 Å². The van der Waals surface area contributed by atoms with Crippen LogP contribution in [-0.2, 0) is 11.3 Å². The Balaban J connectivity index is 3.05. The van der Waals surface area contributed by atoms with Crippen LogP contribution in [0.5, 0.6) is 0 Å². The van der Waals surface area contributed by atoms with Crippen LogP contribution >= 0.6 is 11.6 Å². The lowest BCUT2D eigenvalue weighted by Gasteiger charge is -2.06. The van der Waals surface area contributed by atoms with Crippen LogP contribution in [0.4, 0.5) is 4.39 Å². The van der Waals surface area contributed by atoms with Gasteiger partial charge in [0.05, 0.1) is 10.6 Å². The number of carboxylic acids is 1. The Kier molecular flexibility index (Phi) is 3.84. The van der Waals surface area contributed by atoms with Crippen LogP contribution in [0.15, 0.2) is 12.1 Å². The number of rotatable bonds is 3. The van der Waals surface area contributed by atoms with E-state index in [0.717, 1.165) is 12.1 Å². The molecule has 16 heavy (non-hydrogen) atoms. The highest BCUT2D eigenvalue weighted by atomic mass is 35.5. The molecule has 2 N–H and O–H groups in total. The summed E-state index contributed by atoms with van der Waals surface area (Å²) in [5.74, 6) is -2.22. The van der Waals surface area contributed by atoms with Gasteiger partial charge in [-0.05, 0) is 12.1 Å². The first-order valence-electron chi connectivity index (χ1n) is 4.37. The molecular weight excluding hydrogens is 237 g/mol. The van der Waals surface area contributed by atoms with Gasteiger partial charge in [0.15, 0.2) is 0 Å². The number of nitrogens with one attached hydrogen (secondary N) is 1. The molecule has 0 atom stereocenters. The Morgan fingerprint density at radius 3 is 2.62 bits per heavy atom. The highest BCUT2D eigenvalue weighted by Gasteiger charge is 2.13. The molecule has 0 saturated heterocycles. The number of carbonyl (C=O) groups is 2. The van der Waals surface area contributed by atoms with E-state index >= 15 is 0 Å². The first-order valence-corrected chi connectivity index (χ1v) is 4.75. The Bertz CT molecular complexity index is 448. The largest absolute Gasteiger partial charge is 0.478 e. The third-order valence-electron chi connectivity index (χ3n) is 1.89. The fraction of sp³-hybridized carbons (Fsp3) is 0.200. The Morgan fingerprint density at radius 1 is 1.50 bits per heavy atom. The zero-order chi connectivity index (χ0) is 12.3. The van der Waals surface area contributed by atoms with E-state index in [4.69, 9.17) is 16.7 Å². The SMILES string of the molecule is CC(=O)NCc1cc(C(=O)O)c(Cl)cc1F. The second-order valence-electron chi connectivity index (χ2n) is 3.14. The lowest BCUT2D eigenvalue weighted by Crippen LogP contribution is -2.20. The molecule has 1 rings (SSSR count). The van der Waals surface area contributed by atoms with Gasteiger partial charge in [-0.3, -0.25) is 4.79 Å². The number of carboxylic acid groups (broad SMARTS) is 1. The molecular formula is C10H9ClFNO3. The second-order valence-corrected chi connectivity index (χ2v) is 3.55. The zero-order valence-electron chi connectivity index (χ0n) is 8.38. The van der Waals surface area contributed by atoms with Crippen LogP contribution < -0.4 is 5.32 Å². The first kappa shape index (κ1) is 12.4. The molecule has 0 fully saturated rings. The normalized spacial score (nSPS) is 9.94. The summed E-state index contributed by atoms with van der Waals surface area (Å²) >= 11 is 5.55. The highest BCUT2D eigenvalue weighted by Crippen LogP contribution is 2.20. The van der Waals surface area contributed by atoms with Crippen molar-refractivity contribution in [2.45, 2.75) is 13.5 Å². The molecule has 0 unspecified atom stereocenters. The van der Waals surface area contributed by atoms with Crippen LogP contribution in [0.1, 0.15) is 22.8 Å². The Labute approximate surface area is 96.0 Å². The fourth-order valence-electron chi connectivity index (χ4n) is 1.11. The van der Waals surface area contributed by atoms with E-state index in [1.54, 1.807) is 0 Å². The van der Waals surface area contributed by atoms with Gasteiger partial charge in [-0.2, -0.15) is 0 Å². The predicted octanol–water partition coefficient (Wildman–Crippen LogP) is 1.81. The molecule has 0 spiro atoms. The lowest BCUT2D eigenvalue weighted by molar-refractivity contribution is -0.119. The summed E-state index contributed by atoms with van der Waals surface area (Å²) in [4.78, 5) is 21.4. The van der Waals surface area contributed by atoms with Crippen molar-refractivity contribution in [3.63, 3.8) is 0 Å². The summed E-state index contributed by atoms with van der Waals surface area (Å²) in [7, 11) is 0. The van der Waals surface area contributed by atoms with Crippen molar-refractivity contribution in [1.29, 1.82) is 0 Å². The maximum absolute atomic E-state index is 13.3. The molecule has 0 aliphatic heterocycles. The molecule has 0 aliphatic rings. The number of aromatic carboxylic acids is 1. The fourth-order valence-corrected chi connectivity index (χ4v) is 1.34. The van der Waals surface area contributed by atoms with Crippen molar-refractivity contribution in [3.8, 4) is 0 Å². The van der Waals surface area contributed by atoms with Crippen LogP contribution in [0, 0.1) is 5.82 Å². The molecule has 0 aliphatic carbocycles. The van der Waals surface area contributed by atoms with Gasteiger partial charge < -0.3 is 10.4 Å². The maximum atomic E-state index is 13.3. The van der Waals surface area contributed by atoms with Gasteiger partial charge >= 0.3 is 5.97 Å². The number of halogens is 2. The molecule has 6 heteroatoms. The molecule has 86 valence electrons. The average Bonchev–Trinajstić information content (AvgIpc) is 2.15. The molecule has 0 bridgehead atoms. The van der Waals surface area contributed by atoms with E-state index in [-0.39, 0.29) is 28.6 Å². The minimum Gasteiger partial charge on any atom is -0.478 e. The minimum atomic E-state index is -1.24. The summed E-state index contributed by atoms with van der Waals surface area (Å²) in [6, 6.07) is 2.03. The van der Waals surface area contributed by atoms with E-state index < -0.39 is 11.8 Å². The van der Waals surface area contributed by atoms with Crippen molar-refractivity contribution in [2.75, 3.05) is 0 Å². The van der Waals surface area contributed by atoms with Crippen molar-refractivity contribution in [1.82, 2.24) is 5.32 Å². The van der Waals surface area contributed by atoms with Crippen LogP contribution in [0.2, 0.25) is 5.02 Å². The topological polar surface area (TPSA) is 66.4 Å². The number of carbonyl (C=O) groups excluding carboxylic acids is 1. The molecule has 1 amide bonds. The molecule has 0 radical (unpaired) electrons. The summed E-state index contributed by atoms with van der Waals surface area (Å²) in [6.45, 7) is 1.21. The summed E-state index contributed by atoms with van der Waals surface area (Å²) in [6.07, 6.45) is 0. The van der Waals surface area contributed by atoms with Gasteiger partial charge in [0.1, 0.15) is 5.82 Å².